The number of rotatable bonds is 1. The van der Waals surface area contributed by atoms with Crippen molar-refractivity contribution in [3.05, 3.63) is 29.8 Å². The predicted molar refractivity (Wildman–Crippen MR) is 59.7 cm³/mol. The first kappa shape index (κ1) is 11.6. The van der Waals surface area contributed by atoms with Crippen LogP contribution >= 0.6 is 0 Å². The summed E-state index contributed by atoms with van der Waals surface area (Å²) in [6.45, 7) is 1.88. The topological polar surface area (TPSA) is 49.6 Å². The first-order chi connectivity index (χ1) is 8.08. The number of piperazine rings is 1. The predicted octanol–water partition coefficient (Wildman–Crippen LogP) is 1.17. The smallest absolute Gasteiger partial charge is 0.314 e. The van der Waals surface area contributed by atoms with Gasteiger partial charge >= 0.3 is 6.03 Å². The Morgan fingerprint density at radius 2 is 1.82 bits per heavy atom. The van der Waals surface area contributed by atoms with Gasteiger partial charge in [-0.1, -0.05) is 0 Å². The Hall–Kier alpha value is -1.85. The van der Waals surface area contributed by atoms with Crippen LogP contribution in [0.3, 0.4) is 0 Å². The van der Waals surface area contributed by atoms with E-state index in [1.54, 1.807) is 4.90 Å². The number of primary amides is 1. The molecule has 1 fully saturated rings. The highest BCUT2D eigenvalue weighted by Gasteiger charge is 2.21. The molecule has 4 nitrogen and oxygen atoms in total. The second-order valence-electron chi connectivity index (χ2n) is 3.91. The van der Waals surface area contributed by atoms with Crippen LogP contribution in [0.1, 0.15) is 0 Å². The lowest BCUT2D eigenvalue weighted by atomic mass is 10.2. The highest BCUT2D eigenvalue weighted by atomic mass is 19.1. The van der Waals surface area contributed by atoms with Gasteiger partial charge in [-0.05, 0) is 12.1 Å². The van der Waals surface area contributed by atoms with Crippen molar-refractivity contribution in [2.75, 3.05) is 31.1 Å². The number of nitrogens with two attached hydrogens (primary N) is 1. The second kappa shape index (κ2) is 4.57. The standard InChI is InChI=1S/C11H13F2N3O/c12-8-1-2-10(9(13)7-8)15-3-5-16(6-4-15)11(14)17/h1-2,7H,3-6H2,(H2,14,17). The molecule has 0 aliphatic carbocycles. The molecule has 0 spiro atoms. The van der Waals surface area contributed by atoms with Crippen molar-refractivity contribution in [1.82, 2.24) is 4.90 Å². The third-order valence-corrected chi connectivity index (χ3v) is 2.84. The summed E-state index contributed by atoms with van der Waals surface area (Å²) >= 11 is 0. The number of halogens is 2. The van der Waals surface area contributed by atoms with Gasteiger partial charge in [-0.15, -0.1) is 0 Å². The normalized spacial score (nSPS) is 16.1. The highest BCUT2D eigenvalue weighted by Crippen LogP contribution is 2.21. The minimum atomic E-state index is -0.595. The van der Waals surface area contributed by atoms with E-state index < -0.39 is 17.7 Å². The third kappa shape index (κ3) is 2.46. The lowest BCUT2D eigenvalue weighted by molar-refractivity contribution is 0.204. The fraction of sp³-hybridized carbons (Fsp3) is 0.364. The van der Waals surface area contributed by atoms with E-state index in [9.17, 15) is 13.6 Å². The van der Waals surface area contributed by atoms with E-state index in [0.717, 1.165) is 6.07 Å². The monoisotopic (exact) mass is 241 g/mol. The zero-order chi connectivity index (χ0) is 12.4. The molecule has 0 radical (unpaired) electrons. The van der Waals surface area contributed by atoms with Crippen LogP contribution in [0, 0.1) is 11.6 Å². The summed E-state index contributed by atoms with van der Waals surface area (Å²) in [5.41, 5.74) is 5.50. The van der Waals surface area contributed by atoms with Gasteiger partial charge in [0.2, 0.25) is 0 Å². The second-order valence-corrected chi connectivity index (χ2v) is 3.91. The number of anilines is 1. The number of carbonyl (C=O) groups is 1. The minimum absolute atomic E-state index is 0.357. The van der Waals surface area contributed by atoms with Gasteiger partial charge in [0.25, 0.3) is 0 Å². The van der Waals surface area contributed by atoms with Crippen molar-refractivity contribution < 1.29 is 13.6 Å². The quantitative estimate of drug-likeness (QED) is 0.802. The van der Waals surface area contributed by atoms with Crippen LogP contribution in [0.5, 0.6) is 0 Å². The lowest BCUT2D eigenvalue weighted by Crippen LogP contribution is -2.50. The fourth-order valence-electron chi connectivity index (χ4n) is 1.91. The Kier molecular flexibility index (Phi) is 3.12. The fourth-order valence-corrected chi connectivity index (χ4v) is 1.91. The van der Waals surface area contributed by atoms with E-state index in [2.05, 4.69) is 0 Å². The molecule has 0 aromatic heterocycles. The summed E-state index contributed by atoms with van der Waals surface area (Å²) in [5.74, 6) is -1.18. The average molecular weight is 241 g/mol. The van der Waals surface area contributed by atoms with Crippen LogP contribution in [-0.4, -0.2) is 37.1 Å². The average Bonchev–Trinajstić information content (AvgIpc) is 2.29. The number of hydrogen-bond donors (Lipinski definition) is 1. The highest BCUT2D eigenvalue weighted by molar-refractivity contribution is 5.72. The molecule has 0 bridgehead atoms. The van der Waals surface area contributed by atoms with E-state index in [-0.39, 0.29) is 0 Å². The van der Waals surface area contributed by atoms with Crippen molar-refractivity contribution in [3.8, 4) is 0 Å². The molecule has 0 saturated carbocycles. The van der Waals surface area contributed by atoms with Crippen molar-refractivity contribution in [2.45, 2.75) is 0 Å². The Balaban J connectivity index is 2.08. The van der Waals surface area contributed by atoms with Gasteiger partial charge in [0.05, 0.1) is 5.69 Å². The van der Waals surface area contributed by atoms with Crippen molar-refractivity contribution in [3.63, 3.8) is 0 Å². The van der Waals surface area contributed by atoms with Crippen LogP contribution in [0.15, 0.2) is 18.2 Å². The van der Waals surface area contributed by atoms with E-state index in [1.165, 1.54) is 17.0 Å². The molecule has 2 amide bonds. The summed E-state index contributed by atoms with van der Waals surface area (Å²) in [7, 11) is 0. The van der Waals surface area contributed by atoms with Crippen molar-refractivity contribution in [2.24, 2.45) is 5.73 Å². The van der Waals surface area contributed by atoms with Gasteiger partial charge in [0, 0.05) is 32.2 Å². The molecule has 2 N–H and O–H groups in total. The molecule has 6 heteroatoms. The Labute approximate surface area is 97.6 Å². The third-order valence-electron chi connectivity index (χ3n) is 2.84. The van der Waals surface area contributed by atoms with Gasteiger partial charge in [0.15, 0.2) is 0 Å². The van der Waals surface area contributed by atoms with E-state index in [1.807, 2.05) is 0 Å². The molecule has 0 unspecified atom stereocenters. The van der Waals surface area contributed by atoms with Gasteiger partial charge < -0.3 is 15.5 Å². The van der Waals surface area contributed by atoms with Gasteiger partial charge in [0.1, 0.15) is 11.6 Å². The van der Waals surface area contributed by atoms with Crippen LogP contribution < -0.4 is 10.6 Å². The number of carbonyl (C=O) groups excluding carboxylic acids is 1. The Bertz CT molecular complexity index is 431. The summed E-state index contributed by atoms with van der Waals surface area (Å²) in [4.78, 5) is 14.2. The van der Waals surface area contributed by atoms with Gasteiger partial charge in [-0.3, -0.25) is 0 Å². The minimum Gasteiger partial charge on any atom is -0.366 e. The van der Waals surface area contributed by atoms with E-state index in [0.29, 0.717) is 31.9 Å². The van der Waals surface area contributed by atoms with E-state index in [4.69, 9.17) is 5.73 Å². The molecule has 1 saturated heterocycles. The molecular weight excluding hydrogens is 228 g/mol. The zero-order valence-electron chi connectivity index (χ0n) is 9.20. The molecular formula is C11H13F2N3O. The maximum absolute atomic E-state index is 13.5. The lowest BCUT2D eigenvalue weighted by Gasteiger charge is -2.35. The number of nitrogens with zero attached hydrogens (tertiary/aromatic N) is 2. The molecule has 1 heterocycles. The largest absolute Gasteiger partial charge is 0.366 e. The molecule has 92 valence electrons. The number of urea groups is 1. The van der Waals surface area contributed by atoms with Crippen LogP contribution in [0.2, 0.25) is 0 Å². The number of benzene rings is 1. The molecule has 1 aliphatic heterocycles. The molecule has 17 heavy (non-hydrogen) atoms. The van der Waals surface area contributed by atoms with Crippen LogP contribution in [0.4, 0.5) is 19.3 Å². The maximum atomic E-state index is 13.5. The molecule has 1 aromatic carbocycles. The molecule has 1 aromatic rings. The molecule has 0 atom stereocenters. The molecule has 2 rings (SSSR count). The SMILES string of the molecule is NC(=O)N1CCN(c2ccc(F)cc2F)CC1. The first-order valence-corrected chi connectivity index (χ1v) is 5.32. The van der Waals surface area contributed by atoms with Crippen molar-refractivity contribution in [1.29, 1.82) is 0 Å². The first-order valence-electron chi connectivity index (χ1n) is 5.32. The summed E-state index contributed by atoms with van der Waals surface area (Å²) in [6.07, 6.45) is 0. The van der Waals surface area contributed by atoms with Gasteiger partial charge in [-0.25, -0.2) is 13.6 Å². The summed E-state index contributed by atoms with van der Waals surface area (Å²) in [5, 5.41) is 0. The van der Waals surface area contributed by atoms with Crippen LogP contribution in [0.25, 0.3) is 0 Å². The number of hydrogen-bond acceptors (Lipinski definition) is 2. The zero-order valence-corrected chi connectivity index (χ0v) is 9.20. The summed E-state index contributed by atoms with van der Waals surface area (Å²) < 4.78 is 26.3. The Morgan fingerprint density at radius 3 is 2.35 bits per heavy atom. The Morgan fingerprint density at radius 1 is 1.18 bits per heavy atom. The van der Waals surface area contributed by atoms with Crippen LogP contribution in [-0.2, 0) is 0 Å². The van der Waals surface area contributed by atoms with E-state index >= 15 is 0 Å². The maximum Gasteiger partial charge on any atom is 0.314 e. The molecule has 1 aliphatic rings. The van der Waals surface area contributed by atoms with Gasteiger partial charge in [-0.2, -0.15) is 0 Å². The number of amides is 2. The summed E-state index contributed by atoms with van der Waals surface area (Å²) in [6, 6.07) is 3.02. The van der Waals surface area contributed by atoms with Crippen molar-refractivity contribution >= 4 is 11.7 Å².